The van der Waals surface area contributed by atoms with Gasteiger partial charge in [-0.2, -0.15) is 0 Å². The molecule has 0 aliphatic heterocycles. The van der Waals surface area contributed by atoms with Crippen molar-refractivity contribution in [2.24, 2.45) is 0 Å². The van der Waals surface area contributed by atoms with Crippen molar-refractivity contribution in [2.45, 2.75) is 64.6 Å². The summed E-state index contributed by atoms with van der Waals surface area (Å²) in [4.78, 5) is 28.6. The molecular formula is C30H35Cl2N3O4S. The Balaban J connectivity index is 2.09. The van der Waals surface area contributed by atoms with Crippen molar-refractivity contribution in [3.05, 3.63) is 93.5 Å². The highest BCUT2D eigenvalue weighted by molar-refractivity contribution is 7.92. The maximum Gasteiger partial charge on any atom is 0.264 e. The van der Waals surface area contributed by atoms with E-state index in [2.05, 4.69) is 5.32 Å². The molecule has 10 heteroatoms. The Labute approximate surface area is 247 Å². The van der Waals surface area contributed by atoms with Crippen LogP contribution in [0.15, 0.2) is 71.6 Å². The first kappa shape index (κ1) is 31.5. The Hall–Kier alpha value is -3.07. The molecule has 40 heavy (non-hydrogen) atoms. The number of nitrogens with one attached hydrogen (secondary N) is 1. The van der Waals surface area contributed by atoms with Crippen LogP contribution in [0, 0.1) is 13.8 Å². The van der Waals surface area contributed by atoms with E-state index in [1.807, 2.05) is 58.9 Å². The number of hydrogen-bond donors (Lipinski definition) is 1. The predicted octanol–water partition coefficient (Wildman–Crippen LogP) is 6.14. The van der Waals surface area contributed by atoms with E-state index in [9.17, 15) is 18.0 Å². The normalized spacial score (nSPS) is 12.5. The molecule has 0 saturated heterocycles. The maximum atomic E-state index is 14.0. The fourth-order valence-corrected chi connectivity index (χ4v) is 5.94. The number of sulfonamides is 1. The van der Waals surface area contributed by atoms with Crippen LogP contribution in [0.25, 0.3) is 0 Å². The summed E-state index contributed by atoms with van der Waals surface area (Å²) >= 11 is 12.7. The summed E-state index contributed by atoms with van der Waals surface area (Å²) < 4.78 is 28.8. The standard InChI is InChI=1S/C30H35Cl2N3O4S/c1-20-14-16-24(17-15-20)40(38,39)35(26-13-9-12-25(31)28(26)32)19-27(36)34(18-23-11-8-7-10-21(23)2)22(3)29(37)33-30(4,5)6/h7-17,22H,18-19H2,1-6H3,(H,33,37)/t22-/m1/s1. The number of nitrogens with zero attached hydrogens (tertiary/aromatic N) is 2. The van der Waals surface area contributed by atoms with Crippen molar-refractivity contribution in [1.82, 2.24) is 10.2 Å². The van der Waals surface area contributed by atoms with Crippen molar-refractivity contribution in [1.29, 1.82) is 0 Å². The molecular weight excluding hydrogens is 569 g/mol. The van der Waals surface area contributed by atoms with E-state index in [4.69, 9.17) is 23.2 Å². The molecule has 1 N–H and O–H groups in total. The first-order chi connectivity index (χ1) is 18.6. The molecule has 1 atom stereocenters. The Kier molecular flexibility index (Phi) is 9.93. The molecule has 0 aromatic heterocycles. The van der Waals surface area contributed by atoms with Gasteiger partial charge in [0.2, 0.25) is 11.8 Å². The Morgan fingerprint density at radius 1 is 0.925 bits per heavy atom. The summed E-state index contributed by atoms with van der Waals surface area (Å²) in [5.74, 6) is -0.935. The van der Waals surface area contributed by atoms with Crippen LogP contribution >= 0.6 is 23.2 Å². The summed E-state index contributed by atoms with van der Waals surface area (Å²) in [6, 6.07) is 17.5. The largest absolute Gasteiger partial charge is 0.350 e. The van der Waals surface area contributed by atoms with Crippen LogP contribution in [0.5, 0.6) is 0 Å². The summed E-state index contributed by atoms with van der Waals surface area (Å²) in [5.41, 5.74) is 2.18. The molecule has 214 valence electrons. The molecule has 0 radical (unpaired) electrons. The van der Waals surface area contributed by atoms with E-state index in [1.54, 1.807) is 25.1 Å². The molecule has 0 fully saturated rings. The fourth-order valence-electron chi connectivity index (χ4n) is 4.06. The number of amides is 2. The van der Waals surface area contributed by atoms with Crippen molar-refractivity contribution in [3.63, 3.8) is 0 Å². The number of carbonyl (C=O) groups is 2. The van der Waals surface area contributed by atoms with Crippen LogP contribution in [-0.4, -0.2) is 43.3 Å². The number of rotatable bonds is 9. The van der Waals surface area contributed by atoms with Gasteiger partial charge >= 0.3 is 0 Å². The van der Waals surface area contributed by atoms with E-state index in [1.165, 1.54) is 29.2 Å². The molecule has 0 spiro atoms. The SMILES string of the molecule is Cc1ccc(S(=O)(=O)N(CC(=O)N(Cc2ccccc2C)[C@H](C)C(=O)NC(C)(C)C)c2cccc(Cl)c2Cl)cc1. The van der Waals surface area contributed by atoms with E-state index in [-0.39, 0.29) is 33.1 Å². The van der Waals surface area contributed by atoms with Gasteiger partial charge in [0.15, 0.2) is 0 Å². The third-order valence-electron chi connectivity index (χ3n) is 6.36. The summed E-state index contributed by atoms with van der Waals surface area (Å²) in [7, 11) is -4.25. The number of benzene rings is 3. The van der Waals surface area contributed by atoms with Crippen LogP contribution in [0.2, 0.25) is 10.0 Å². The lowest BCUT2D eigenvalue weighted by Gasteiger charge is -2.34. The molecule has 0 unspecified atom stereocenters. The quantitative estimate of drug-likeness (QED) is 0.318. The number of carbonyl (C=O) groups excluding carboxylic acids is 2. The molecule has 3 rings (SSSR count). The van der Waals surface area contributed by atoms with Gasteiger partial charge < -0.3 is 10.2 Å². The van der Waals surface area contributed by atoms with Crippen LogP contribution in [0.3, 0.4) is 0 Å². The first-order valence-corrected chi connectivity index (χ1v) is 15.0. The number of aryl methyl sites for hydroxylation is 2. The lowest BCUT2D eigenvalue weighted by molar-refractivity contribution is -0.140. The van der Waals surface area contributed by atoms with Gasteiger partial charge in [-0.1, -0.05) is 71.2 Å². The summed E-state index contributed by atoms with van der Waals surface area (Å²) in [6.07, 6.45) is 0. The predicted molar refractivity (Wildman–Crippen MR) is 161 cm³/mol. The van der Waals surface area contributed by atoms with Gasteiger partial charge in [-0.3, -0.25) is 13.9 Å². The average molecular weight is 605 g/mol. The first-order valence-electron chi connectivity index (χ1n) is 12.8. The lowest BCUT2D eigenvalue weighted by Crippen LogP contribution is -2.54. The molecule has 0 aliphatic carbocycles. The second-order valence-corrected chi connectivity index (χ2v) is 13.4. The van der Waals surface area contributed by atoms with Crippen molar-refractivity contribution < 1.29 is 18.0 Å². The van der Waals surface area contributed by atoms with Crippen LogP contribution in [0.4, 0.5) is 5.69 Å². The van der Waals surface area contributed by atoms with E-state index in [0.29, 0.717) is 0 Å². The molecule has 2 amide bonds. The molecule has 3 aromatic rings. The minimum absolute atomic E-state index is 0.00312. The average Bonchev–Trinajstić information content (AvgIpc) is 2.87. The van der Waals surface area contributed by atoms with Gasteiger partial charge in [0.1, 0.15) is 12.6 Å². The zero-order valence-corrected chi connectivity index (χ0v) is 25.9. The Bertz CT molecular complexity index is 1490. The van der Waals surface area contributed by atoms with Crippen LogP contribution in [-0.2, 0) is 26.2 Å². The Morgan fingerprint density at radius 2 is 1.55 bits per heavy atom. The van der Waals surface area contributed by atoms with E-state index >= 15 is 0 Å². The second-order valence-electron chi connectivity index (χ2n) is 10.8. The third kappa shape index (κ3) is 7.56. The lowest BCUT2D eigenvalue weighted by atomic mass is 10.1. The zero-order valence-electron chi connectivity index (χ0n) is 23.5. The van der Waals surface area contributed by atoms with Gasteiger partial charge in [-0.05, 0) is 76.9 Å². The summed E-state index contributed by atoms with van der Waals surface area (Å²) in [5, 5.41) is 3.06. The molecule has 3 aromatic carbocycles. The van der Waals surface area contributed by atoms with Gasteiger partial charge in [0.25, 0.3) is 10.0 Å². The molecule has 0 bridgehead atoms. The van der Waals surface area contributed by atoms with Gasteiger partial charge in [0.05, 0.1) is 20.6 Å². The summed E-state index contributed by atoms with van der Waals surface area (Å²) in [6.45, 7) is 10.4. The van der Waals surface area contributed by atoms with Crippen LogP contribution < -0.4 is 9.62 Å². The monoisotopic (exact) mass is 603 g/mol. The maximum absolute atomic E-state index is 14.0. The molecule has 0 heterocycles. The van der Waals surface area contributed by atoms with Crippen molar-refractivity contribution >= 4 is 50.7 Å². The second kappa shape index (κ2) is 12.6. The molecule has 0 aliphatic rings. The van der Waals surface area contributed by atoms with Crippen LogP contribution in [0.1, 0.15) is 44.4 Å². The zero-order chi connectivity index (χ0) is 29.8. The molecule has 7 nitrogen and oxygen atoms in total. The topological polar surface area (TPSA) is 86.8 Å². The van der Waals surface area contributed by atoms with Gasteiger partial charge in [-0.25, -0.2) is 8.42 Å². The highest BCUT2D eigenvalue weighted by atomic mass is 35.5. The number of hydrogen-bond acceptors (Lipinski definition) is 4. The highest BCUT2D eigenvalue weighted by Gasteiger charge is 2.34. The van der Waals surface area contributed by atoms with Gasteiger partial charge in [-0.15, -0.1) is 0 Å². The van der Waals surface area contributed by atoms with Gasteiger partial charge in [0, 0.05) is 12.1 Å². The highest BCUT2D eigenvalue weighted by Crippen LogP contribution is 2.35. The van der Waals surface area contributed by atoms with Crippen molar-refractivity contribution in [3.8, 4) is 0 Å². The third-order valence-corrected chi connectivity index (χ3v) is 8.94. The molecule has 0 saturated carbocycles. The van der Waals surface area contributed by atoms with E-state index in [0.717, 1.165) is 21.0 Å². The van der Waals surface area contributed by atoms with E-state index < -0.39 is 34.1 Å². The minimum atomic E-state index is -4.25. The minimum Gasteiger partial charge on any atom is -0.350 e. The number of anilines is 1. The Morgan fingerprint density at radius 3 is 2.15 bits per heavy atom. The number of halogens is 2. The van der Waals surface area contributed by atoms with Crippen molar-refractivity contribution in [2.75, 3.05) is 10.8 Å². The smallest absolute Gasteiger partial charge is 0.264 e. The fraction of sp³-hybridized carbons (Fsp3) is 0.333.